The third-order valence-corrected chi connectivity index (χ3v) is 4.38. The second-order valence-corrected chi connectivity index (χ2v) is 5.82. The molecular formula is C12H11Cl2NS. The number of hydrogen-bond acceptors (Lipinski definition) is 2. The maximum atomic E-state index is 6.06. The topological polar surface area (TPSA) is 26.0 Å². The predicted octanol–water partition coefficient (Wildman–Crippen LogP) is 4.92. The van der Waals surface area contributed by atoms with Crippen LogP contribution in [0, 0.1) is 13.8 Å². The first-order valence-electron chi connectivity index (χ1n) is 4.81. The lowest BCUT2D eigenvalue weighted by atomic mass is 10.1. The summed E-state index contributed by atoms with van der Waals surface area (Å²) in [5, 5.41) is 0.586. The van der Waals surface area contributed by atoms with Gasteiger partial charge in [-0.15, -0.1) is 11.3 Å². The molecule has 0 bridgehead atoms. The standard InChI is InChI=1S/C12H11Cl2NS/c1-6-3-10(15)9(13)5-8(6)11-4-7(2)12(14)16-11/h3-5H,15H2,1-2H3. The van der Waals surface area contributed by atoms with Crippen LogP contribution in [-0.4, -0.2) is 0 Å². The van der Waals surface area contributed by atoms with Crippen LogP contribution in [0.15, 0.2) is 18.2 Å². The molecule has 4 heteroatoms. The van der Waals surface area contributed by atoms with Crippen molar-refractivity contribution in [2.45, 2.75) is 13.8 Å². The number of nitrogens with two attached hydrogens (primary N) is 1. The van der Waals surface area contributed by atoms with Crippen LogP contribution < -0.4 is 5.73 Å². The highest BCUT2D eigenvalue weighted by Crippen LogP contribution is 2.38. The van der Waals surface area contributed by atoms with Crippen molar-refractivity contribution in [2.24, 2.45) is 0 Å². The van der Waals surface area contributed by atoms with Crippen molar-refractivity contribution < 1.29 is 0 Å². The van der Waals surface area contributed by atoms with E-state index in [4.69, 9.17) is 28.9 Å². The number of aryl methyl sites for hydroxylation is 2. The van der Waals surface area contributed by atoms with Crippen molar-refractivity contribution >= 4 is 40.2 Å². The zero-order valence-electron chi connectivity index (χ0n) is 8.97. The minimum atomic E-state index is 0.586. The molecule has 0 saturated carbocycles. The number of nitrogen functional groups attached to an aromatic ring is 1. The van der Waals surface area contributed by atoms with Crippen LogP contribution in [0.5, 0.6) is 0 Å². The van der Waals surface area contributed by atoms with Crippen molar-refractivity contribution in [1.82, 2.24) is 0 Å². The number of halogens is 2. The molecule has 0 saturated heterocycles. The summed E-state index contributed by atoms with van der Waals surface area (Å²) >= 11 is 13.7. The second kappa shape index (κ2) is 4.28. The lowest BCUT2D eigenvalue weighted by molar-refractivity contribution is 1.47. The summed E-state index contributed by atoms with van der Waals surface area (Å²) in [6.45, 7) is 4.02. The van der Waals surface area contributed by atoms with Gasteiger partial charge in [0.1, 0.15) is 0 Å². The van der Waals surface area contributed by atoms with Crippen LogP contribution in [-0.2, 0) is 0 Å². The van der Waals surface area contributed by atoms with E-state index in [-0.39, 0.29) is 0 Å². The number of benzene rings is 1. The first-order valence-corrected chi connectivity index (χ1v) is 6.38. The molecule has 0 aliphatic rings. The Morgan fingerprint density at radius 2 is 1.75 bits per heavy atom. The fourth-order valence-electron chi connectivity index (χ4n) is 1.56. The summed E-state index contributed by atoms with van der Waals surface area (Å²) in [5.74, 6) is 0. The fraction of sp³-hybridized carbons (Fsp3) is 0.167. The largest absolute Gasteiger partial charge is 0.398 e. The quantitative estimate of drug-likeness (QED) is 0.732. The van der Waals surface area contributed by atoms with Gasteiger partial charge in [0, 0.05) is 4.88 Å². The van der Waals surface area contributed by atoms with Crippen LogP contribution >= 0.6 is 34.5 Å². The van der Waals surface area contributed by atoms with E-state index in [1.165, 1.54) is 0 Å². The van der Waals surface area contributed by atoms with E-state index in [0.717, 1.165) is 25.9 Å². The second-order valence-electron chi connectivity index (χ2n) is 3.76. The van der Waals surface area contributed by atoms with Crippen LogP contribution in [0.2, 0.25) is 9.36 Å². The monoisotopic (exact) mass is 271 g/mol. The van der Waals surface area contributed by atoms with Crippen molar-refractivity contribution in [2.75, 3.05) is 5.73 Å². The number of hydrogen-bond donors (Lipinski definition) is 1. The number of rotatable bonds is 1. The summed E-state index contributed by atoms with van der Waals surface area (Å²) in [7, 11) is 0. The third kappa shape index (κ3) is 2.05. The average molecular weight is 272 g/mol. The van der Waals surface area contributed by atoms with Crippen LogP contribution in [0.1, 0.15) is 11.1 Å². The summed E-state index contributed by atoms with van der Waals surface area (Å²) in [6, 6.07) is 5.86. The summed E-state index contributed by atoms with van der Waals surface area (Å²) in [6.07, 6.45) is 0. The van der Waals surface area contributed by atoms with Crippen molar-refractivity contribution in [3.63, 3.8) is 0 Å². The molecule has 0 aliphatic heterocycles. The molecule has 0 fully saturated rings. The SMILES string of the molecule is Cc1cc(N)c(Cl)cc1-c1cc(C)c(Cl)s1. The Morgan fingerprint density at radius 3 is 2.31 bits per heavy atom. The highest BCUT2D eigenvalue weighted by molar-refractivity contribution is 7.19. The maximum absolute atomic E-state index is 6.06. The number of anilines is 1. The van der Waals surface area contributed by atoms with Gasteiger partial charge in [-0.25, -0.2) is 0 Å². The van der Waals surface area contributed by atoms with Gasteiger partial charge in [-0.05, 0) is 48.7 Å². The first-order chi connectivity index (χ1) is 7.49. The summed E-state index contributed by atoms with van der Waals surface area (Å²) < 4.78 is 0.822. The molecular weight excluding hydrogens is 261 g/mol. The summed E-state index contributed by atoms with van der Waals surface area (Å²) in [5.41, 5.74) is 9.66. The molecule has 84 valence electrons. The van der Waals surface area contributed by atoms with E-state index in [2.05, 4.69) is 6.07 Å². The Morgan fingerprint density at radius 1 is 1.06 bits per heavy atom. The van der Waals surface area contributed by atoms with E-state index >= 15 is 0 Å². The molecule has 0 aliphatic carbocycles. The zero-order valence-corrected chi connectivity index (χ0v) is 11.3. The normalized spacial score (nSPS) is 10.8. The molecule has 0 amide bonds. The average Bonchev–Trinajstić information content (AvgIpc) is 2.53. The Bertz CT molecular complexity index is 527. The van der Waals surface area contributed by atoms with Gasteiger partial charge in [-0.1, -0.05) is 23.2 Å². The van der Waals surface area contributed by atoms with E-state index in [9.17, 15) is 0 Å². The molecule has 1 aromatic heterocycles. The summed E-state index contributed by atoms with van der Waals surface area (Å²) in [4.78, 5) is 1.13. The molecule has 16 heavy (non-hydrogen) atoms. The molecule has 1 nitrogen and oxygen atoms in total. The van der Waals surface area contributed by atoms with E-state index in [1.54, 1.807) is 11.3 Å². The lowest BCUT2D eigenvalue weighted by Crippen LogP contribution is -1.89. The van der Waals surface area contributed by atoms with Gasteiger partial charge in [-0.3, -0.25) is 0 Å². The van der Waals surface area contributed by atoms with Gasteiger partial charge in [0.15, 0.2) is 0 Å². The molecule has 0 spiro atoms. The van der Waals surface area contributed by atoms with E-state index < -0.39 is 0 Å². The van der Waals surface area contributed by atoms with Crippen molar-refractivity contribution in [1.29, 1.82) is 0 Å². The first kappa shape index (κ1) is 11.8. The molecule has 0 unspecified atom stereocenters. The highest BCUT2D eigenvalue weighted by atomic mass is 35.5. The lowest BCUT2D eigenvalue weighted by Gasteiger charge is -2.06. The van der Waals surface area contributed by atoms with Crippen LogP contribution in [0.3, 0.4) is 0 Å². The Balaban J connectivity index is 2.60. The molecule has 1 heterocycles. The van der Waals surface area contributed by atoms with Crippen LogP contribution in [0.4, 0.5) is 5.69 Å². The van der Waals surface area contributed by atoms with E-state index in [1.807, 2.05) is 26.0 Å². The van der Waals surface area contributed by atoms with Gasteiger partial charge in [0.2, 0.25) is 0 Å². The third-order valence-electron chi connectivity index (χ3n) is 2.47. The predicted molar refractivity (Wildman–Crippen MR) is 73.7 cm³/mol. The minimum absolute atomic E-state index is 0.586. The van der Waals surface area contributed by atoms with Crippen molar-refractivity contribution in [3.8, 4) is 10.4 Å². The van der Waals surface area contributed by atoms with Crippen molar-refractivity contribution in [3.05, 3.63) is 38.7 Å². The molecule has 0 radical (unpaired) electrons. The Kier molecular flexibility index (Phi) is 3.15. The Hall–Kier alpha value is -0.700. The fourth-order valence-corrected chi connectivity index (χ4v) is 3.01. The van der Waals surface area contributed by atoms with Gasteiger partial charge in [-0.2, -0.15) is 0 Å². The smallest absolute Gasteiger partial charge is 0.0963 e. The van der Waals surface area contributed by atoms with Gasteiger partial charge < -0.3 is 5.73 Å². The number of thiophene rings is 1. The van der Waals surface area contributed by atoms with Gasteiger partial charge >= 0.3 is 0 Å². The Labute approximate surface area is 109 Å². The molecule has 0 atom stereocenters. The molecule has 2 N–H and O–H groups in total. The van der Waals surface area contributed by atoms with E-state index in [0.29, 0.717) is 10.7 Å². The molecule has 2 aromatic rings. The van der Waals surface area contributed by atoms with Gasteiger partial charge in [0.05, 0.1) is 15.0 Å². The molecule has 2 rings (SSSR count). The highest BCUT2D eigenvalue weighted by Gasteiger charge is 2.10. The molecule has 1 aromatic carbocycles. The van der Waals surface area contributed by atoms with Gasteiger partial charge in [0.25, 0.3) is 0 Å². The zero-order chi connectivity index (χ0) is 11.9. The minimum Gasteiger partial charge on any atom is -0.398 e. The van der Waals surface area contributed by atoms with Crippen LogP contribution in [0.25, 0.3) is 10.4 Å². The maximum Gasteiger partial charge on any atom is 0.0963 e.